The van der Waals surface area contributed by atoms with Gasteiger partial charge in [0.25, 0.3) is 0 Å². The predicted molar refractivity (Wildman–Crippen MR) is 72.8 cm³/mol. The first-order valence-corrected chi connectivity index (χ1v) is 6.80. The highest BCUT2D eigenvalue weighted by Crippen LogP contribution is 2.00. The van der Waals surface area contributed by atoms with Crippen LogP contribution in [0.15, 0.2) is 0 Å². The van der Waals surface area contributed by atoms with Crippen LogP contribution in [0.3, 0.4) is 0 Å². The van der Waals surface area contributed by atoms with E-state index in [9.17, 15) is 9.59 Å². The molecule has 1 atom stereocenters. The third-order valence-electron chi connectivity index (χ3n) is 2.64. The van der Waals surface area contributed by atoms with Crippen LogP contribution in [0.25, 0.3) is 0 Å². The van der Waals surface area contributed by atoms with Gasteiger partial charge in [0.2, 0.25) is 5.91 Å². The van der Waals surface area contributed by atoms with Crippen molar-refractivity contribution in [1.29, 1.82) is 0 Å². The minimum atomic E-state index is -0.631. The van der Waals surface area contributed by atoms with E-state index in [1.807, 2.05) is 13.8 Å². The molecule has 0 saturated carbocycles. The summed E-state index contributed by atoms with van der Waals surface area (Å²) in [6, 6.07) is -0.631. The van der Waals surface area contributed by atoms with Crippen molar-refractivity contribution >= 4 is 12.2 Å². The highest BCUT2D eigenvalue weighted by Gasteiger charge is 2.20. The monoisotopic (exact) mass is 274 g/mol. The Morgan fingerprint density at radius 3 is 2.16 bits per heavy atom. The average Bonchev–Trinajstić information content (AvgIpc) is 2.42. The molecular weight excluding hydrogens is 248 g/mol. The fourth-order valence-corrected chi connectivity index (χ4v) is 1.58. The van der Waals surface area contributed by atoms with Crippen LogP contribution in [0.2, 0.25) is 0 Å². The zero-order valence-corrected chi connectivity index (χ0v) is 12.0. The summed E-state index contributed by atoms with van der Waals surface area (Å²) < 4.78 is 10.5. The van der Waals surface area contributed by atoms with Gasteiger partial charge in [0.05, 0.1) is 19.3 Å². The Morgan fingerprint density at radius 2 is 1.74 bits per heavy atom. The van der Waals surface area contributed by atoms with Crippen molar-refractivity contribution in [3.63, 3.8) is 0 Å². The van der Waals surface area contributed by atoms with E-state index in [1.165, 1.54) is 0 Å². The molecule has 0 radical (unpaired) electrons. The fraction of sp³-hybridized carbons (Fsp3) is 0.846. The van der Waals surface area contributed by atoms with Crippen molar-refractivity contribution in [2.75, 3.05) is 39.5 Å². The largest absolute Gasteiger partial charge is 0.380 e. The molecule has 0 heterocycles. The molecule has 0 spiro atoms. The highest BCUT2D eigenvalue weighted by molar-refractivity contribution is 5.81. The summed E-state index contributed by atoms with van der Waals surface area (Å²) in [6.07, 6.45) is 1.46. The lowest BCUT2D eigenvalue weighted by molar-refractivity contribution is -0.134. The number of nitrogens with two attached hydrogens (primary N) is 1. The van der Waals surface area contributed by atoms with Gasteiger partial charge in [-0.1, -0.05) is 0 Å². The molecule has 6 heteroatoms. The summed E-state index contributed by atoms with van der Waals surface area (Å²) in [7, 11) is 0. The number of hydrogen-bond acceptors (Lipinski definition) is 5. The molecule has 1 unspecified atom stereocenters. The van der Waals surface area contributed by atoms with Gasteiger partial charge in [0.15, 0.2) is 0 Å². The molecule has 112 valence electrons. The molecule has 0 saturated heterocycles. The Kier molecular flexibility index (Phi) is 11.5. The van der Waals surface area contributed by atoms with Crippen LogP contribution in [-0.4, -0.2) is 62.7 Å². The Balaban J connectivity index is 4.25. The van der Waals surface area contributed by atoms with Gasteiger partial charge in [-0.2, -0.15) is 0 Å². The predicted octanol–water partition coefficient (Wildman–Crippen LogP) is 0.194. The number of hydrogen-bond donors (Lipinski definition) is 1. The lowest BCUT2D eigenvalue weighted by atomic mass is 10.1. The number of ether oxygens (including phenoxy) is 2. The highest BCUT2D eigenvalue weighted by atomic mass is 16.5. The Bertz CT molecular complexity index is 239. The van der Waals surface area contributed by atoms with Crippen LogP contribution in [0.5, 0.6) is 0 Å². The number of nitrogens with zero attached hydrogens (tertiary/aromatic N) is 1. The molecule has 1 amide bonds. The number of carbonyl (C=O) groups is 2. The van der Waals surface area contributed by atoms with Crippen molar-refractivity contribution in [2.45, 2.75) is 32.7 Å². The topological polar surface area (TPSA) is 81.9 Å². The van der Waals surface area contributed by atoms with Crippen molar-refractivity contribution in [3.8, 4) is 0 Å². The van der Waals surface area contributed by atoms with Gasteiger partial charge in [0, 0.05) is 32.7 Å². The average molecular weight is 274 g/mol. The quantitative estimate of drug-likeness (QED) is 0.406. The molecular formula is C13H26N2O4. The van der Waals surface area contributed by atoms with Crippen LogP contribution in [0.1, 0.15) is 26.7 Å². The summed E-state index contributed by atoms with van der Waals surface area (Å²) in [5.74, 6) is -0.152. The minimum absolute atomic E-state index is 0.152. The second kappa shape index (κ2) is 12.1. The Labute approximate surface area is 115 Å². The number of carbonyl (C=O) groups excluding carboxylic acids is 2. The third-order valence-corrected chi connectivity index (χ3v) is 2.64. The first-order chi connectivity index (χ1) is 9.17. The molecule has 2 N–H and O–H groups in total. The summed E-state index contributed by atoms with van der Waals surface area (Å²) in [5.41, 5.74) is 5.78. The lowest BCUT2D eigenvalue weighted by Gasteiger charge is -2.25. The van der Waals surface area contributed by atoms with E-state index in [1.54, 1.807) is 4.90 Å². The van der Waals surface area contributed by atoms with Crippen molar-refractivity contribution in [3.05, 3.63) is 0 Å². The first kappa shape index (κ1) is 18.0. The maximum atomic E-state index is 12.1. The summed E-state index contributed by atoms with van der Waals surface area (Å²) in [4.78, 5) is 24.1. The van der Waals surface area contributed by atoms with Gasteiger partial charge in [-0.05, 0) is 20.3 Å². The van der Waals surface area contributed by atoms with E-state index in [2.05, 4.69) is 0 Å². The number of amides is 1. The zero-order valence-electron chi connectivity index (χ0n) is 12.0. The molecule has 0 aromatic carbocycles. The molecule has 6 nitrogen and oxygen atoms in total. The SMILES string of the molecule is CCOCCN(CCOCC)C(=O)C(N)CCC=O. The first-order valence-electron chi connectivity index (χ1n) is 6.80. The minimum Gasteiger partial charge on any atom is -0.380 e. The van der Waals surface area contributed by atoms with Crippen LogP contribution in [0.4, 0.5) is 0 Å². The van der Waals surface area contributed by atoms with Crippen LogP contribution in [-0.2, 0) is 19.1 Å². The van der Waals surface area contributed by atoms with E-state index in [4.69, 9.17) is 15.2 Å². The molecule has 0 rings (SSSR count). The van der Waals surface area contributed by atoms with Crippen molar-refractivity contribution in [1.82, 2.24) is 4.90 Å². The summed E-state index contributed by atoms with van der Waals surface area (Å²) in [6.45, 7) is 6.99. The smallest absolute Gasteiger partial charge is 0.239 e. The molecule has 19 heavy (non-hydrogen) atoms. The van der Waals surface area contributed by atoms with Crippen LogP contribution < -0.4 is 5.73 Å². The van der Waals surface area contributed by atoms with Gasteiger partial charge in [-0.25, -0.2) is 0 Å². The standard InChI is InChI=1S/C13H26N2O4/c1-3-18-10-7-15(8-11-19-4-2)13(17)12(14)6-5-9-16/h9,12H,3-8,10-11,14H2,1-2H3. The van der Waals surface area contributed by atoms with E-state index in [0.717, 1.165) is 6.29 Å². The Hall–Kier alpha value is -0.980. The molecule has 0 aromatic rings. The lowest BCUT2D eigenvalue weighted by Crippen LogP contribution is -2.46. The van der Waals surface area contributed by atoms with E-state index >= 15 is 0 Å². The molecule has 0 aliphatic heterocycles. The molecule has 0 bridgehead atoms. The van der Waals surface area contributed by atoms with Gasteiger partial charge in [0.1, 0.15) is 6.29 Å². The molecule has 0 fully saturated rings. The van der Waals surface area contributed by atoms with Gasteiger partial charge in [-0.15, -0.1) is 0 Å². The van der Waals surface area contributed by atoms with Gasteiger partial charge < -0.3 is 24.9 Å². The van der Waals surface area contributed by atoms with Crippen LogP contribution >= 0.6 is 0 Å². The van der Waals surface area contributed by atoms with Crippen molar-refractivity contribution < 1.29 is 19.1 Å². The zero-order chi connectivity index (χ0) is 14.5. The van der Waals surface area contributed by atoms with Crippen LogP contribution in [0, 0.1) is 0 Å². The number of rotatable bonds is 12. The summed E-state index contributed by atoms with van der Waals surface area (Å²) >= 11 is 0. The van der Waals surface area contributed by atoms with Gasteiger partial charge in [-0.3, -0.25) is 4.79 Å². The Morgan fingerprint density at radius 1 is 1.21 bits per heavy atom. The maximum absolute atomic E-state index is 12.1. The molecule has 0 aliphatic carbocycles. The molecule has 0 aromatic heterocycles. The number of aldehydes is 1. The maximum Gasteiger partial charge on any atom is 0.239 e. The van der Waals surface area contributed by atoms with E-state index in [-0.39, 0.29) is 5.91 Å². The second-order valence-electron chi connectivity index (χ2n) is 4.07. The van der Waals surface area contributed by atoms with E-state index in [0.29, 0.717) is 52.4 Å². The summed E-state index contributed by atoms with van der Waals surface area (Å²) in [5, 5.41) is 0. The fourth-order valence-electron chi connectivity index (χ4n) is 1.58. The third kappa shape index (κ3) is 8.69. The molecule has 0 aliphatic rings. The van der Waals surface area contributed by atoms with E-state index < -0.39 is 6.04 Å². The normalized spacial score (nSPS) is 12.2. The van der Waals surface area contributed by atoms with Crippen molar-refractivity contribution in [2.24, 2.45) is 5.73 Å². The second-order valence-corrected chi connectivity index (χ2v) is 4.07. The van der Waals surface area contributed by atoms with Gasteiger partial charge >= 0.3 is 0 Å².